The van der Waals surface area contributed by atoms with Gasteiger partial charge in [-0.1, -0.05) is 17.7 Å². The van der Waals surface area contributed by atoms with Crippen LogP contribution >= 0.6 is 23.4 Å². The second-order valence-electron chi connectivity index (χ2n) is 6.02. The molecule has 1 aliphatic heterocycles. The zero-order chi connectivity index (χ0) is 20.5. The second kappa shape index (κ2) is 8.00. The molecule has 0 bridgehead atoms. The maximum Gasteiger partial charge on any atom is 0.416 e. The Morgan fingerprint density at radius 3 is 2.68 bits per heavy atom. The Morgan fingerprint density at radius 2 is 1.96 bits per heavy atom. The van der Waals surface area contributed by atoms with E-state index in [2.05, 4.69) is 10.6 Å². The Kier molecular flexibility index (Phi) is 5.85. The van der Waals surface area contributed by atoms with Crippen LogP contribution < -0.4 is 10.6 Å². The van der Waals surface area contributed by atoms with Gasteiger partial charge in [-0.3, -0.25) is 9.59 Å². The normalized spacial score (nSPS) is 16.3. The molecule has 4 nitrogen and oxygen atoms in total. The van der Waals surface area contributed by atoms with Gasteiger partial charge in [0.1, 0.15) is 5.82 Å². The minimum absolute atomic E-state index is 0.221. The molecule has 2 aromatic rings. The molecule has 28 heavy (non-hydrogen) atoms. The van der Waals surface area contributed by atoms with Crippen LogP contribution in [-0.2, 0) is 22.3 Å². The SMILES string of the molecule is O=C(CC1Sc2ccc(Cl)cc2NC1=O)NCc1ccc(F)cc1C(F)(F)F. The summed E-state index contributed by atoms with van der Waals surface area (Å²) in [6.45, 7) is -0.431. The number of alkyl halides is 3. The van der Waals surface area contributed by atoms with Gasteiger partial charge in [0.2, 0.25) is 11.8 Å². The minimum Gasteiger partial charge on any atom is -0.352 e. The summed E-state index contributed by atoms with van der Waals surface area (Å²) >= 11 is 7.04. The molecule has 2 amide bonds. The van der Waals surface area contributed by atoms with Crippen molar-refractivity contribution in [2.24, 2.45) is 0 Å². The largest absolute Gasteiger partial charge is 0.416 e. The number of nitrogens with one attached hydrogen (secondary N) is 2. The molecule has 0 saturated carbocycles. The zero-order valence-electron chi connectivity index (χ0n) is 14.1. The monoisotopic (exact) mass is 432 g/mol. The van der Waals surface area contributed by atoms with Gasteiger partial charge in [0.05, 0.1) is 16.5 Å². The third-order valence-electron chi connectivity index (χ3n) is 3.99. The van der Waals surface area contributed by atoms with Gasteiger partial charge < -0.3 is 10.6 Å². The first-order chi connectivity index (χ1) is 13.1. The molecule has 1 heterocycles. The van der Waals surface area contributed by atoms with Gasteiger partial charge in [-0.25, -0.2) is 4.39 Å². The Balaban J connectivity index is 1.64. The summed E-state index contributed by atoms with van der Waals surface area (Å²) in [5.74, 6) is -2.01. The molecule has 148 valence electrons. The highest BCUT2D eigenvalue weighted by atomic mass is 35.5. The molecule has 2 N–H and O–H groups in total. The number of hydrogen-bond donors (Lipinski definition) is 2. The highest BCUT2D eigenvalue weighted by Crippen LogP contribution is 2.38. The van der Waals surface area contributed by atoms with Crippen molar-refractivity contribution >= 4 is 40.9 Å². The van der Waals surface area contributed by atoms with Crippen molar-refractivity contribution in [2.75, 3.05) is 5.32 Å². The zero-order valence-corrected chi connectivity index (χ0v) is 15.6. The van der Waals surface area contributed by atoms with Crippen molar-refractivity contribution < 1.29 is 27.2 Å². The highest BCUT2D eigenvalue weighted by molar-refractivity contribution is 8.01. The number of benzene rings is 2. The Morgan fingerprint density at radius 1 is 1.21 bits per heavy atom. The second-order valence-corrected chi connectivity index (χ2v) is 7.70. The summed E-state index contributed by atoms with van der Waals surface area (Å²) < 4.78 is 52.1. The minimum atomic E-state index is -4.74. The van der Waals surface area contributed by atoms with Crippen molar-refractivity contribution in [1.82, 2.24) is 5.32 Å². The number of amides is 2. The van der Waals surface area contributed by atoms with Crippen LogP contribution in [0.15, 0.2) is 41.3 Å². The lowest BCUT2D eigenvalue weighted by atomic mass is 10.1. The van der Waals surface area contributed by atoms with Crippen LogP contribution in [0.5, 0.6) is 0 Å². The molecule has 0 saturated heterocycles. The topological polar surface area (TPSA) is 58.2 Å². The number of anilines is 1. The summed E-state index contributed by atoms with van der Waals surface area (Å²) in [5, 5.41) is 4.73. The van der Waals surface area contributed by atoms with E-state index in [4.69, 9.17) is 11.6 Å². The lowest BCUT2D eigenvalue weighted by molar-refractivity contribution is -0.138. The fourth-order valence-electron chi connectivity index (χ4n) is 2.66. The van der Waals surface area contributed by atoms with Crippen molar-refractivity contribution in [3.05, 3.63) is 58.4 Å². The predicted molar refractivity (Wildman–Crippen MR) is 97.6 cm³/mol. The molecule has 0 fully saturated rings. The van der Waals surface area contributed by atoms with Crippen LogP contribution in [0.1, 0.15) is 17.5 Å². The lowest BCUT2D eigenvalue weighted by Crippen LogP contribution is -2.35. The van der Waals surface area contributed by atoms with E-state index >= 15 is 0 Å². The number of carbonyl (C=O) groups is 2. The molecule has 0 aliphatic carbocycles. The summed E-state index contributed by atoms with van der Waals surface area (Å²) in [5.41, 5.74) is -0.869. The van der Waals surface area contributed by atoms with Crippen LogP contribution in [0.4, 0.5) is 23.2 Å². The fraction of sp³-hybridized carbons (Fsp3) is 0.222. The number of halogens is 5. The molecule has 10 heteroatoms. The van der Waals surface area contributed by atoms with E-state index in [1.54, 1.807) is 18.2 Å². The standard InChI is InChI=1S/C18H13ClF4N2O2S/c19-10-2-4-14-13(5-10)25-17(27)15(28-14)7-16(26)24-8-9-1-3-11(20)6-12(9)18(21,22)23/h1-6,15H,7-8H2,(H,24,26)(H,25,27). The third kappa shape index (κ3) is 4.77. The predicted octanol–water partition coefficient (Wildman–Crippen LogP) is 4.62. The molecule has 1 unspecified atom stereocenters. The number of hydrogen-bond acceptors (Lipinski definition) is 3. The summed E-state index contributed by atoms with van der Waals surface area (Å²) in [4.78, 5) is 25.0. The molecule has 3 rings (SSSR count). The van der Waals surface area contributed by atoms with E-state index < -0.39 is 41.2 Å². The van der Waals surface area contributed by atoms with Gasteiger partial charge in [-0.15, -0.1) is 11.8 Å². The van der Waals surface area contributed by atoms with Crippen molar-refractivity contribution in [2.45, 2.75) is 29.3 Å². The van der Waals surface area contributed by atoms with Crippen molar-refractivity contribution in [3.63, 3.8) is 0 Å². The Hall–Kier alpha value is -2.26. The summed E-state index contributed by atoms with van der Waals surface area (Å²) in [6.07, 6.45) is -4.96. The first-order valence-electron chi connectivity index (χ1n) is 8.03. The van der Waals surface area contributed by atoms with Crippen LogP contribution in [0.3, 0.4) is 0 Å². The number of fused-ring (bicyclic) bond motifs is 1. The van der Waals surface area contributed by atoms with E-state index in [0.29, 0.717) is 16.8 Å². The smallest absolute Gasteiger partial charge is 0.352 e. The molecule has 0 radical (unpaired) electrons. The molecule has 1 atom stereocenters. The summed E-state index contributed by atoms with van der Waals surface area (Å²) in [7, 11) is 0. The molecule has 2 aromatic carbocycles. The fourth-order valence-corrected chi connectivity index (χ4v) is 3.92. The van der Waals surface area contributed by atoms with E-state index in [9.17, 15) is 27.2 Å². The van der Waals surface area contributed by atoms with Crippen LogP contribution in [0, 0.1) is 5.82 Å². The number of rotatable bonds is 4. The third-order valence-corrected chi connectivity index (χ3v) is 5.50. The molecule has 0 spiro atoms. The molecule has 0 aromatic heterocycles. The van der Waals surface area contributed by atoms with Gasteiger partial charge in [0, 0.05) is 22.9 Å². The quantitative estimate of drug-likeness (QED) is 0.693. The average Bonchev–Trinajstić information content (AvgIpc) is 2.60. The molecule has 1 aliphatic rings. The molecular weight excluding hydrogens is 420 g/mol. The van der Waals surface area contributed by atoms with Gasteiger partial charge in [-0.2, -0.15) is 13.2 Å². The van der Waals surface area contributed by atoms with Gasteiger partial charge in [0.25, 0.3) is 0 Å². The Bertz CT molecular complexity index is 936. The van der Waals surface area contributed by atoms with E-state index in [1.165, 1.54) is 11.8 Å². The summed E-state index contributed by atoms with van der Waals surface area (Å²) in [6, 6.07) is 7.19. The van der Waals surface area contributed by atoms with Crippen molar-refractivity contribution in [1.29, 1.82) is 0 Å². The first kappa shape index (κ1) is 20.5. The van der Waals surface area contributed by atoms with E-state index in [1.807, 2.05) is 0 Å². The molecular formula is C18H13ClF4N2O2S. The van der Waals surface area contributed by atoms with Crippen LogP contribution in [0.25, 0.3) is 0 Å². The van der Waals surface area contributed by atoms with Gasteiger partial charge >= 0.3 is 6.18 Å². The highest BCUT2D eigenvalue weighted by Gasteiger charge is 2.34. The Labute approximate surface area is 166 Å². The van der Waals surface area contributed by atoms with E-state index in [0.717, 1.165) is 17.0 Å². The lowest BCUT2D eigenvalue weighted by Gasteiger charge is -2.24. The van der Waals surface area contributed by atoms with Crippen LogP contribution in [-0.4, -0.2) is 17.1 Å². The maximum absolute atomic E-state index is 13.1. The van der Waals surface area contributed by atoms with Gasteiger partial charge in [0.15, 0.2) is 0 Å². The van der Waals surface area contributed by atoms with Crippen LogP contribution in [0.2, 0.25) is 5.02 Å². The maximum atomic E-state index is 13.1. The van der Waals surface area contributed by atoms with Gasteiger partial charge in [-0.05, 0) is 35.9 Å². The first-order valence-corrected chi connectivity index (χ1v) is 9.28. The average molecular weight is 433 g/mol. The number of thioether (sulfide) groups is 1. The van der Waals surface area contributed by atoms with Crippen molar-refractivity contribution in [3.8, 4) is 0 Å². The number of carbonyl (C=O) groups excluding carboxylic acids is 2. The van der Waals surface area contributed by atoms with E-state index in [-0.39, 0.29) is 12.0 Å².